The molecule has 116 valence electrons. The first kappa shape index (κ1) is 15.6. The van der Waals surface area contributed by atoms with Crippen molar-refractivity contribution in [3.05, 3.63) is 34.6 Å². The molecule has 0 bridgehead atoms. The fourth-order valence-corrected chi connectivity index (χ4v) is 5.00. The zero-order chi connectivity index (χ0) is 14.9. The molecule has 0 amide bonds. The van der Waals surface area contributed by atoms with Gasteiger partial charge in [-0.25, -0.2) is 4.39 Å². The van der Waals surface area contributed by atoms with Crippen molar-refractivity contribution in [2.75, 3.05) is 18.1 Å². The number of hydrogen-bond donors (Lipinski definition) is 2. The highest BCUT2D eigenvalue weighted by Crippen LogP contribution is 2.44. The van der Waals surface area contributed by atoms with Crippen LogP contribution in [0, 0.1) is 11.7 Å². The normalized spacial score (nSPS) is 30.7. The SMILES string of the molecule is NNC(c1cc(Cl)ccc1F)C1CCOC2(CCSC2)C1. The van der Waals surface area contributed by atoms with Crippen LogP contribution in [0.4, 0.5) is 4.39 Å². The van der Waals surface area contributed by atoms with Crippen LogP contribution >= 0.6 is 23.4 Å². The summed E-state index contributed by atoms with van der Waals surface area (Å²) in [6.45, 7) is 0.714. The minimum atomic E-state index is -0.260. The number of halogens is 2. The molecule has 21 heavy (non-hydrogen) atoms. The first-order valence-electron chi connectivity index (χ1n) is 7.26. The molecule has 2 aliphatic heterocycles. The lowest BCUT2D eigenvalue weighted by atomic mass is 9.79. The van der Waals surface area contributed by atoms with Gasteiger partial charge in [-0.05, 0) is 49.1 Å². The van der Waals surface area contributed by atoms with Crippen LogP contribution in [0.3, 0.4) is 0 Å². The lowest BCUT2D eigenvalue weighted by Crippen LogP contribution is -2.45. The van der Waals surface area contributed by atoms with Gasteiger partial charge in [-0.2, -0.15) is 11.8 Å². The first-order valence-corrected chi connectivity index (χ1v) is 8.80. The van der Waals surface area contributed by atoms with Gasteiger partial charge in [0.2, 0.25) is 0 Å². The molecule has 1 aromatic carbocycles. The predicted octanol–water partition coefficient (Wildman–Crippen LogP) is 3.29. The van der Waals surface area contributed by atoms with E-state index in [2.05, 4.69) is 5.43 Å². The highest BCUT2D eigenvalue weighted by atomic mass is 35.5. The quantitative estimate of drug-likeness (QED) is 0.659. The number of nitrogens with two attached hydrogens (primary N) is 1. The third-order valence-electron chi connectivity index (χ3n) is 4.54. The largest absolute Gasteiger partial charge is 0.374 e. The van der Waals surface area contributed by atoms with Gasteiger partial charge in [0.15, 0.2) is 0 Å². The summed E-state index contributed by atoms with van der Waals surface area (Å²) in [5.74, 6) is 7.90. The second-order valence-corrected chi connectivity index (χ2v) is 7.44. The molecule has 3 unspecified atom stereocenters. The smallest absolute Gasteiger partial charge is 0.128 e. The van der Waals surface area contributed by atoms with E-state index >= 15 is 0 Å². The molecule has 3 nitrogen and oxygen atoms in total. The molecule has 3 N–H and O–H groups in total. The van der Waals surface area contributed by atoms with Gasteiger partial charge in [-0.15, -0.1) is 0 Å². The van der Waals surface area contributed by atoms with Crippen molar-refractivity contribution in [2.24, 2.45) is 11.8 Å². The predicted molar refractivity (Wildman–Crippen MR) is 84.8 cm³/mol. The number of ether oxygens (including phenoxy) is 1. The Labute approximate surface area is 133 Å². The Balaban J connectivity index is 1.84. The Kier molecular flexibility index (Phi) is 4.76. The monoisotopic (exact) mass is 330 g/mol. The molecule has 0 aromatic heterocycles. The van der Waals surface area contributed by atoms with Crippen molar-refractivity contribution in [1.29, 1.82) is 0 Å². The van der Waals surface area contributed by atoms with Crippen LogP contribution in [-0.4, -0.2) is 23.7 Å². The number of rotatable bonds is 3. The summed E-state index contributed by atoms with van der Waals surface area (Å²) in [5.41, 5.74) is 3.31. The van der Waals surface area contributed by atoms with Gasteiger partial charge < -0.3 is 4.74 Å². The average molecular weight is 331 g/mol. The molecule has 2 aliphatic rings. The van der Waals surface area contributed by atoms with E-state index in [1.165, 1.54) is 6.07 Å². The molecule has 6 heteroatoms. The summed E-state index contributed by atoms with van der Waals surface area (Å²) in [7, 11) is 0. The summed E-state index contributed by atoms with van der Waals surface area (Å²) in [6.07, 6.45) is 2.87. The molecule has 1 spiro atoms. The second kappa shape index (κ2) is 6.42. The summed E-state index contributed by atoms with van der Waals surface area (Å²) in [5, 5.41) is 0.532. The maximum atomic E-state index is 14.1. The zero-order valence-corrected chi connectivity index (χ0v) is 13.4. The molecule has 0 saturated carbocycles. The third kappa shape index (κ3) is 3.22. The third-order valence-corrected chi connectivity index (χ3v) is 6.00. The number of hydrazine groups is 1. The molecule has 0 aliphatic carbocycles. The highest BCUT2D eigenvalue weighted by Gasteiger charge is 2.43. The molecule has 1 aromatic rings. The van der Waals surface area contributed by atoms with Crippen LogP contribution in [0.5, 0.6) is 0 Å². The molecule has 3 rings (SSSR count). The second-order valence-electron chi connectivity index (χ2n) is 5.90. The van der Waals surface area contributed by atoms with E-state index in [0.29, 0.717) is 17.2 Å². The molecular formula is C15H20ClFN2OS. The maximum Gasteiger partial charge on any atom is 0.128 e. The van der Waals surface area contributed by atoms with Crippen molar-refractivity contribution < 1.29 is 9.13 Å². The van der Waals surface area contributed by atoms with E-state index < -0.39 is 0 Å². The van der Waals surface area contributed by atoms with E-state index in [9.17, 15) is 4.39 Å². The topological polar surface area (TPSA) is 47.3 Å². The van der Waals surface area contributed by atoms with Crippen LogP contribution in [0.15, 0.2) is 18.2 Å². The van der Waals surface area contributed by atoms with Gasteiger partial charge in [0.1, 0.15) is 5.82 Å². The van der Waals surface area contributed by atoms with E-state index in [0.717, 1.165) is 30.8 Å². The molecular weight excluding hydrogens is 311 g/mol. The van der Waals surface area contributed by atoms with E-state index in [4.69, 9.17) is 22.2 Å². The molecule has 2 fully saturated rings. The Bertz CT molecular complexity index is 510. The molecule has 3 atom stereocenters. The van der Waals surface area contributed by atoms with E-state index in [1.807, 2.05) is 11.8 Å². The van der Waals surface area contributed by atoms with Gasteiger partial charge in [-0.1, -0.05) is 11.6 Å². The molecule has 0 radical (unpaired) electrons. The van der Waals surface area contributed by atoms with Crippen molar-refractivity contribution in [2.45, 2.75) is 30.9 Å². The standard InChI is InChI=1S/C15H20ClFN2OS/c16-11-1-2-13(17)12(7-11)14(19-18)10-3-5-20-15(8-10)4-6-21-9-15/h1-2,7,10,14,19H,3-6,8-9,18H2. The summed E-state index contributed by atoms with van der Waals surface area (Å²) < 4.78 is 20.2. The van der Waals surface area contributed by atoms with Gasteiger partial charge in [0, 0.05) is 22.9 Å². The van der Waals surface area contributed by atoms with Gasteiger partial charge >= 0.3 is 0 Å². The summed E-state index contributed by atoms with van der Waals surface area (Å²) in [6, 6.07) is 4.41. The lowest BCUT2D eigenvalue weighted by molar-refractivity contribution is -0.0856. The number of nitrogens with one attached hydrogen (secondary N) is 1. The van der Waals surface area contributed by atoms with Crippen molar-refractivity contribution in [3.8, 4) is 0 Å². The minimum Gasteiger partial charge on any atom is -0.374 e. The van der Waals surface area contributed by atoms with Gasteiger partial charge in [-0.3, -0.25) is 11.3 Å². The van der Waals surface area contributed by atoms with Crippen molar-refractivity contribution in [3.63, 3.8) is 0 Å². The Morgan fingerprint density at radius 1 is 1.52 bits per heavy atom. The van der Waals surface area contributed by atoms with Crippen molar-refractivity contribution >= 4 is 23.4 Å². The number of thioether (sulfide) groups is 1. The Morgan fingerprint density at radius 3 is 3.10 bits per heavy atom. The average Bonchev–Trinajstić information content (AvgIpc) is 2.91. The fraction of sp³-hybridized carbons (Fsp3) is 0.600. The summed E-state index contributed by atoms with van der Waals surface area (Å²) in [4.78, 5) is 0. The van der Waals surface area contributed by atoms with Crippen LogP contribution in [0.1, 0.15) is 30.9 Å². The van der Waals surface area contributed by atoms with Crippen molar-refractivity contribution in [1.82, 2.24) is 5.43 Å². The highest BCUT2D eigenvalue weighted by molar-refractivity contribution is 7.99. The maximum absolute atomic E-state index is 14.1. The van der Waals surface area contributed by atoms with Crippen LogP contribution in [0.25, 0.3) is 0 Å². The molecule has 2 saturated heterocycles. The van der Waals surface area contributed by atoms with Gasteiger partial charge in [0.25, 0.3) is 0 Å². The molecule has 2 heterocycles. The van der Waals surface area contributed by atoms with Gasteiger partial charge in [0.05, 0.1) is 11.6 Å². The minimum absolute atomic E-state index is 0.0439. The summed E-state index contributed by atoms with van der Waals surface area (Å²) >= 11 is 7.94. The van der Waals surface area contributed by atoms with Crippen LogP contribution < -0.4 is 11.3 Å². The van der Waals surface area contributed by atoms with E-state index in [1.54, 1.807) is 12.1 Å². The number of benzene rings is 1. The fourth-order valence-electron chi connectivity index (χ4n) is 3.45. The Morgan fingerprint density at radius 2 is 2.38 bits per heavy atom. The Hall–Kier alpha value is -0.330. The lowest BCUT2D eigenvalue weighted by Gasteiger charge is -2.41. The van der Waals surface area contributed by atoms with Crippen LogP contribution in [0.2, 0.25) is 5.02 Å². The van der Waals surface area contributed by atoms with Crippen LogP contribution in [-0.2, 0) is 4.74 Å². The first-order chi connectivity index (χ1) is 10.1. The van der Waals surface area contributed by atoms with E-state index in [-0.39, 0.29) is 23.4 Å². The zero-order valence-electron chi connectivity index (χ0n) is 11.8. The number of hydrogen-bond acceptors (Lipinski definition) is 4.